The van der Waals surface area contributed by atoms with E-state index in [0.717, 1.165) is 18.4 Å². The highest BCUT2D eigenvalue weighted by Gasteiger charge is 2.24. The fourth-order valence-corrected chi connectivity index (χ4v) is 4.53. The molecule has 0 aliphatic heterocycles. The van der Waals surface area contributed by atoms with Crippen molar-refractivity contribution in [2.24, 2.45) is 0 Å². The maximum absolute atomic E-state index is 12.3. The molecular formula is C33H56O4. The zero-order chi connectivity index (χ0) is 27.2. The first-order chi connectivity index (χ1) is 17.8. The highest BCUT2D eigenvalue weighted by atomic mass is 16.7. The minimum Gasteiger partial charge on any atom is -0.431 e. The van der Waals surface area contributed by atoms with Gasteiger partial charge in [-0.15, -0.1) is 6.58 Å². The first-order valence-corrected chi connectivity index (χ1v) is 15.0. The molecule has 4 heteroatoms. The lowest BCUT2D eigenvalue weighted by molar-refractivity contribution is -0.0475. The Labute approximate surface area is 228 Å². The third-order valence-electron chi connectivity index (χ3n) is 6.57. The normalized spacial score (nSPS) is 13.2. The summed E-state index contributed by atoms with van der Waals surface area (Å²) in [5, 5.41) is 0. The fourth-order valence-electron chi connectivity index (χ4n) is 4.53. The van der Waals surface area contributed by atoms with Gasteiger partial charge in [0.2, 0.25) is 0 Å². The quantitative estimate of drug-likeness (QED) is 0.0873. The molecule has 0 aliphatic carbocycles. The first-order valence-electron chi connectivity index (χ1n) is 15.0. The van der Waals surface area contributed by atoms with Crippen LogP contribution in [0, 0.1) is 0 Å². The van der Waals surface area contributed by atoms with Crippen LogP contribution in [0.3, 0.4) is 0 Å². The number of hydrogen-bond acceptors (Lipinski definition) is 4. The van der Waals surface area contributed by atoms with Crippen molar-refractivity contribution < 1.29 is 19.0 Å². The number of benzene rings is 1. The van der Waals surface area contributed by atoms with Crippen molar-refractivity contribution in [3.05, 3.63) is 48.6 Å². The molecule has 1 aromatic carbocycles. The average molecular weight is 517 g/mol. The zero-order valence-electron chi connectivity index (χ0n) is 24.5. The second-order valence-corrected chi connectivity index (χ2v) is 11.4. The third kappa shape index (κ3) is 19.9. The molecule has 0 spiro atoms. The summed E-state index contributed by atoms with van der Waals surface area (Å²) in [6.07, 6.45) is 20.6. The molecule has 0 bridgehead atoms. The molecule has 1 rings (SSSR count). The lowest BCUT2D eigenvalue weighted by Crippen LogP contribution is -2.30. The smallest absolute Gasteiger partial charge is 0.431 e. The molecular weight excluding hydrogens is 460 g/mol. The van der Waals surface area contributed by atoms with Crippen LogP contribution in [-0.4, -0.2) is 24.0 Å². The van der Waals surface area contributed by atoms with Gasteiger partial charge in [0.25, 0.3) is 0 Å². The van der Waals surface area contributed by atoms with Gasteiger partial charge < -0.3 is 14.2 Å². The van der Waals surface area contributed by atoms with E-state index in [2.05, 4.69) is 25.6 Å². The Balaban J connectivity index is 2.40. The van der Waals surface area contributed by atoms with Crippen molar-refractivity contribution in [3.63, 3.8) is 0 Å². The van der Waals surface area contributed by atoms with Crippen LogP contribution >= 0.6 is 0 Å². The number of ether oxygens (including phenoxy) is 3. The minimum atomic E-state index is -0.623. The zero-order valence-corrected chi connectivity index (χ0v) is 24.5. The molecule has 0 unspecified atom stereocenters. The molecule has 37 heavy (non-hydrogen) atoms. The van der Waals surface area contributed by atoms with Crippen LogP contribution in [0.15, 0.2) is 43.0 Å². The lowest BCUT2D eigenvalue weighted by atomic mass is 10.0. The van der Waals surface area contributed by atoms with Crippen LogP contribution in [0.4, 0.5) is 4.79 Å². The third-order valence-corrected chi connectivity index (χ3v) is 6.57. The molecule has 212 valence electrons. The van der Waals surface area contributed by atoms with Gasteiger partial charge in [0.1, 0.15) is 11.7 Å². The fraction of sp³-hybridized carbons (Fsp3) is 0.727. The molecule has 1 aromatic rings. The Kier molecular flexibility index (Phi) is 19.0. The molecule has 0 heterocycles. The van der Waals surface area contributed by atoms with Crippen LogP contribution < -0.4 is 0 Å². The minimum absolute atomic E-state index is 0.0281. The molecule has 0 fully saturated rings. The molecule has 0 saturated heterocycles. The van der Waals surface area contributed by atoms with Crippen molar-refractivity contribution in [1.82, 2.24) is 0 Å². The summed E-state index contributed by atoms with van der Waals surface area (Å²) in [6, 6.07) is 10.3. The van der Waals surface area contributed by atoms with Crippen LogP contribution in [0.1, 0.15) is 136 Å². The summed E-state index contributed by atoms with van der Waals surface area (Å²) < 4.78 is 17.4. The summed E-state index contributed by atoms with van der Waals surface area (Å²) >= 11 is 0. The highest BCUT2D eigenvalue weighted by Crippen LogP contribution is 2.21. The second kappa shape index (κ2) is 21.2. The number of rotatable bonds is 22. The van der Waals surface area contributed by atoms with Crippen molar-refractivity contribution in [2.75, 3.05) is 0 Å². The van der Waals surface area contributed by atoms with Crippen molar-refractivity contribution in [1.29, 1.82) is 0 Å². The van der Waals surface area contributed by atoms with E-state index in [1.807, 2.05) is 39.0 Å². The van der Waals surface area contributed by atoms with E-state index < -0.39 is 11.8 Å². The molecule has 0 aliphatic rings. The maximum Gasteiger partial charge on any atom is 0.509 e. The summed E-state index contributed by atoms with van der Waals surface area (Å²) in [7, 11) is 0. The van der Waals surface area contributed by atoms with Gasteiger partial charge in [-0.05, 0) is 32.8 Å². The number of hydrogen-bond donors (Lipinski definition) is 0. The molecule has 0 amide bonds. The predicted octanol–water partition coefficient (Wildman–Crippen LogP) is 10.3. The summed E-state index contributed by atoms with van der Waals surface area (Å²) in [5.74, 6) is 0. The topological polar surface area (TPSA) is 44.8 Å². The van der Waals surface area contributed by atoms with E-state index >= 15 is 0 Å². The molecule has 4 nitrogen and oxygen atoms in total. The number of unbranched alkanes of at least 4 members (excludes halogenated alkanes) is 12. The summed E-state index contributed by atoms with van der Waals surface area (Å²) in [5.41, 5.74) is 0.583. The first kappa shape index (κ1) is 33.2. The van der Waals surface area contributed by atoms with Gasteiger partial charge in [0.15, 0.2) is 0 Å². The van der Waals surface area contributed by atoms with Gasteiger partial charge in [0.05, 0.1) is 12.7 Å². The second-order valence-electron chi connectivity index (χ2n) is 11.4. The Morgan fingerprint density at radius 3 is 1.89 bits per heavy atom. The van der Waals surface area contributed by atoms with Crippen LogP contribution in [0.25, 0.3) is 0 Å². The average Bonchev–Trinajstić information content (AvgIpc) is 2.84. The predicted molar refractivity (Wildman–Crippen MR) is 156 cm³/mol. The van der Waals surface area contributed by atoms with E-state index in [4.69, 9.17) is 14.2 Å². The van der Waals surface area contributed by atoms with E-state index in [-0.39, 0.29) is 12.2 Å². The monoisotopic (exact) mass is 516 g/mol. The number of carbonyl (C=O) groups excluding carboxylic acids is 1. The SMILES string of the molecule is C=CC[C@H](C[C@@H](CCCCCCCCCCCCCCC)OCc1ccccc1)OC(=O)OC(C)(C)C. The Bertz CT molecular complexity index is 679. The van der Waals surface area contributed by atoms with Gasteiger partial charge in [-0.2, -0.15) is 0 Å². The van der Waals surface area contributed by atoms with Gasteiger partial charge in [-0.25, -0.2) is 4.79 Å². The van der Waals surface area contributed by atoms with Gasteiger partial charge in [-0.1, -0.05) is 127 Å². The van der Waals surface area contributed by atoms with Crippen LogP contribution in [-0.2, 0) is 20.8 Å². The van der Waals surface area contributed by atoms with Gasteiger partial charge in [-0.3, -0.25) is 0 Å². The Morgan fingerprint density at radius 2 is 1.38 bits per heavy atom. The Hall–Kier alpha value is -1.81. The van der Waals surface area contributed by atoms with E-state index in [0.29, 0.717) is 19.4 Å². The van der Waals surface area contributed by atoms with E-state index in [9.17, 15) is 4.79 Å². The Morgan fingerprint density at radius 1 is 0.838 bits per heavy atom. The van der Waals surface area contributed by atoms with Crippen LogP contribution in [0.5, 0.6) is 0 Å². The van der Waals surface area contributed by atoms with Gasteiger partial charge in [0, 0.05) is 12.8 Å². The summed E-state index contributed by atoms with van der Waals surface area (Å²) in [6.45, 7) is 12.2. The largest absolute Gasteiger partial charge is 0.509 e. The summed E-state index contributed by atoms with van der Waals surface area (Å²) in [4.78, 5) is 12.3. The van der Waals surface area contributed by atoms with Crippen LogP contribution in [0.2, 0.25) is 0 Å². The standard InChI is InChI=1S/C33H56O4/c1-6-8-9-10-11-12-13-14-15-16-17-18-22-26-30(35-28-29-24-20-19-21-25-29)27-31(23-7-2)36-32(34)37-33(3,4)5/h7,19-21,24-25,30-31H,2,6,8-18,22-23,26-28H2,1,3-5H3/t30-,31-/m1/s1. The molecule has 0 radical (unpaired) electrons. The molecule has 0 saturated carbocycles. The molecule has 0 aromatic heterocycles. The molecule has 2 atom stereocenters. The molecule has 0 N–H and O–H groups in total. The lowest BCUT2D eigenvalue weighted by Gasteiger charge is -2.25. The van der Waals surface area contributed by atoms with E-state index in [1.54, 1.807) is 6.08 Å². The van der Waals surface area contributed by atoms with E-state index in [1.165, 1.54) is 77.0 Å². The van der Waals surface area contributed by atoms with Crippen molar-refractivity contribution >= 4 is 6.16 Å². The number of carbonyl (C=O) groups is 1. The highest BCUT2D eigenvalue weighted by molar-refractivity contribution is 5.60. The maximum atomic E-state index is 12.3. The van der Waals surface area contributed by atoms with Gasteiger partial charge >= 0.3 is 6.16 Å². The van der Waals surface area contributed by atoms with Crippen molar-refractivity contribution in [3.8, 4) is 0 Å². The van der Waals surface area contributed by atoms with Crippen molar-refractivity contribution in [2.45, 2.75) is 155 Å².